The maximum absolute atomic E-state index is 11.7. The Kier molecular flexibility index (Phi) is 5.11. The number of morpholine rings is 1. The smallest absolute Gasteiger partial charge is 0.320 e. The lowest BCUT2D eigenvalue weighted by molar-refractivity contribution is 0.0388. The van der Waals surface area contributed by atoms with Crippen LogP contribution in [-0.2, 0) is 4.74 Å². The van der Waals surface area contributed by atoms with E-state index in [1.54, 1.807) is 6.20 Å². The molecule has 2 N–H and O–H groups in total. The monoisotopic (exact) mass is 264 g/mol. The van der Waals surface area contributed by atoms with Crippen molar-refractivity contribution in [3.05, 3.63) is 23.9 Å². The van der Waals surface area contributed by atoms with Gasteiger partial charge in [-0.2, -0.15) is 0 Å². The number of aryl methyl sites for hydroxylation is 1. The number of aromatic nitrogens is 1. The van der Waals surface area contributed by atoms with Crippen LogP contribution in [0.1, 0.15) is 5.56 Å². The van der Waals surface area contributed by atoms with Crippen LogP contribution in [0.25, 0.3) is 0 Å². The first kappa shape index (κ1) is 13.8. The highest BCUT2D eigenvalue weighted by Crippen LogP contribution is 2.08. The Labute approximate surface area is 113 Å². The second-order valence-corrected chi connectivity index (χ2v) is 4.50. The molecule has 0 aliphatic carbocycles. The zero-order valence-corrected chi connectivity index (χ0v) is 11.2. The van der Waals surface area contributed by atoms with Gasteiger partial charge in [0.15, 0.2) is 0 Å². The fourth-order valence-electron chi connectivity index (χ4n) is 1.92. The normalized spacial score (nSPS) is 16.1. The molecule has 19 heavy (non-hydrogen) atoms. The van der Waals surface area contributed by atoms with Gasteiger partial charge in [-0.25, -0.2) is 9.78 Å². The molecule has 0 spiro atoms. The van der Waals surface area contributed by atoms with Crippen LogP contribution in [0, 0.1) is 6.92 Å². The van der Waals surface area contributed by atoms with E-state index >= 15 is 0 Å². The Morgan fingerprint density at radius 2 is 2.26 bits per heavy atom. The molecule has 6 heteroatoms. The Balaban J connectivity index is 1.68. The van der Waals surface area contributed by atoms with Crippen molar-refractivity contribution in [1.29, 1.82) is 0 Å². The highest BCUT2D eigenvalue weighted by molar-refractivity contribution is 5.88. The van der Waals surface area contributed by atoms with Gasteiger partial charge in [0.2, 0.25) is 0 Å². The number of amides is 2. The molecule has 2 amide bonds. The number of ether oxygens (including phenoxy) is 1. The van der Waals surface area contributed by atoms with Crippen LogP contribution >= 0.6 is 0 Å². The molecule has 1 aromatic rings. The third kappa shape index (κ3) is 4.50. The molecule has 1 aromatic heterocycles. The number of anilines is 1. The number of carbonyl (C=O) groups excluding carboxylic acids is 1. The zero-order valence-electron chi connectivity index (χ0n) is 11.2. The van der Waals surface area contributed by atoms with Gasteiger partial charge >= 0.3 is 6.03 Å². The minimum Gasteiger partial charge on any atom is -0.379 e. The second-order valence-electron chi connectivity index (χ2n) is 4.50. The van der Waals surface area contributed by atoms with Gasteiger partial charge in [-0.3, -0.25) is 10.2 Å². The molecule has 0 saturated carbocycles. The zero-order chi connectivity index (χ0) is 13.5. The topological polar surface area (TPSA) is 66.5 Å². The van der Waals surface area contributed by atoms with Gasteiger partial charge in [0, 0.05) is 32.4 Å². The van der Waals surface area contributed by atoms with Gasteiger partial charge < -0.3 is 10.1 Å². The third-order valence-electron chi connectivity index (χ3n) is 3.06. The Hall–Kier alpha value is -1.66. The molecule has 1 saturated heterocycles. The molecule has 1 aliphatic heterocycles. The molecule has 0 radical (unpaired) electrons. The van der Waals surface area contributed by atoms with Crippen LogP contribution in [0.3, 0.4) is 0 Å². The number of carbonyl (C=O) groups is 1. The van der Waals surface area contributed by atoms with Gasteiger partial charge in [0.25, 0.3) is 0 Å². The Morgan fingerprint density at radius 1 is 1.47 bits per heavy atom. The van der Waals surface area contributed by atoms with Crippen LogP contribution in [0.5, 0.6) is 0 Å². The Bertz CT molecular complexity index is 419. The summed E-state index contributed by atoms with van der Waals surface area (Å²) in [5, 5.41) is 5.58. The van der Waals surface area contributed by atoms with E-state index in [2.05, 4.69) is 20.5 Å². The highest BCUT2D eigenvalue weighted by Gasteiger charge is 2.10. The SMILES string of the molecule is Cc1cccnc1NC(=O)NCCN1CCOCC1. The Morgan fingerprint density at radius 3 is 3.00 bits per heavy atom. The summed E-state index contributed by atoms with van der Waals surface area (Å²) >= 11 is 0. The lowest BCUT2D eigenvalue weighted by atomic mass is 10.3. The van der Waals surface area contributed by atoms with Crippen molar-refractivity contribution < 1.29 is 9.53 Å². The number of rotatable bonds is 4. The first-order valence-electron chi connectivity index (χ1n) is 6.52. The average molecular weight is 264 g/mol. The molecular formula is C13H20N4O2. The predicted molar refractivity (Wildman–Crippen MR) is 73.3 cm³/mol. The molecule has 2 heterocycles. The summed E-state index contributed by atoms with van der Waals surface area (Å²) in [5.41, 5.74) is 0.950. The van der Waals surface area contributed by atoms with E-state index in [0.29, 0.717) is 12.4 Å². The predicted octanol–water partition coefficient (Wildman–Crippen LogP) is 0.844. The maximum Gasteiger partial charge on any atom is 0.320 e. The summed E-state index contributed by atoms with van der Waals surface area (Å²) in [6, 6.07) is 3.54. The van der Waals surface area contributed by atoms with Crippen molar-refractivity contribution >= 4 is 11.8 Å². The minimum absolute atomic E-state index is 0.213. The number of nitrogens with one attached hydrogen (secondary N) is 2. The summed E-state index contributed by atoms with van der Waals surface area (Å²) in [4.78, 5) is 18.1. The van der Waals surface area contributed by atoms with Crippen molar-refractivity contribution in [3.63, 3.8) is 0 Å². The van der Waals surface area contributed by atoms with Crippen molar-refractivity contribution in [1.82, 2.24) is 15.2 Å². The lowest BCUT2D eigenvalue weighted by Gasteiger charge is -2.26. The summed E-state index contributed by atoms with van der Waals surface area (Å²) in [5.74, 6) is 0.603. The van der Waals surface area contributed by atoms with E-state index in [9.17, 15) is 4.79 Å². The molecule has 1 aliphatic rings. The van der Waals surface area contributed by atoms with E-state index in [1.807, 2.05) is 19.1 Å². The molecular weight excluding hydrogens is 244 g/mol. The van der Waals surface area contributed by atoms with Crippen LogP contribution in [-0.4, -0.2) is 55.3 Å². The quantitative estimate of drug-likeness (QED) is 0.846. The lowest BCUT2D eigenvalue weighted by Crippen LogP contribution is -2.42. The molecule has 1 fully saturated rings. The molecule has 0 unspecified atom stereocenters. The van der Waals surface area contributed by atoms with Crippen molar-refractivity contribution in [2.75, 3.05) is 44.7 Å². The summed E-state index contributed by atoms with van der Waals surface area (Å²) < 4.78 is 5.27. The van der Waals surface area contributed by atoms with Crippen molar-refractivity contribution in [2.24, 2.45) is 0 Å². The average Bonchev–Trinajstić information content (AvgIpc) is 2.43. The number of hydrogen-bond donors (Lipinski definition) is 2. The van der Waals surface area contributed by atoms with E-state index in [4.69, 9.17) is 4.74 Å². The summed E-state index contributed by atoms with van der Waals surface area (Å²) in [6.07, 6.45) is 1.66. The van der Waals surface area contributed by atoms with E-state index in [0.717, 1.165) is 38.4 Å². The fourth-order valence-corrected chi connectivity index (χ4v) is 1.92. The maximum atomic E-state index is 11.7. The summed E-state index contributed by atoms with van der Waals surface area (Å²) in [6.45, 7) is 6.80. The first-order valence-corrected chi connectivity index (χ1v) is 6.52. The van der Waals surface area contributed by atoms with Crippen molar-refractivity contribution in [3.8, 4) is 0 Å². The van der Waals surface area contributed by atoms with E-state index in [1.165, 1.54) is 0 Å². The van der Waals surface area contributed by atoms with Crippen molar-refractivity contribution in [2.45, 2.75) is 6.92 Å². The van der Waals surface area contributed by atoms with E-state index < -0.39 is 0 Å². The van der Waals surface area contributed by atoms with Gasteiger partial charge in [-0.15, -0.1) is 0 Å². The van der Waals surface area contributed by atoms with Crippen LogP contribution in [0.2, 0.25) is 0 Å². The fraction of sp³-hybridized carbons (Fsp3) is 0.538. The standard InChI is InChI=1S/C13H20N4O2/c1-11-3-2-4-14-12(11)16-13(18)15-5-6-17-7-9-19-10-8-17/h2-4H,5-10H2,1H3,(H2,14,15,16,18). The van der Waals surface area contributed by atoms with Crippen LogP contribution < -0.4 is 10.6 Å². The van der Waals surface area contributed by atoms with E-state index in [-0.39, 0.29) is 6.03 Å². The van der Waals surface area contributed by atoms with Crippen LogP contribution in [0.15, 0.2) is 18.3 Å². The van der Waals surface area contributed by atoms with Gasteiger partial charge in [0.05, 0.1) is 13.2 Å². The first-order chi connectivity index (χ1) is 9.25. The minimum atomic E-state index is -0.213. The molecule has 0 bridgehead atoms. The summed E-state index contributed by atoms with van der Waals surface area (Å²) in [7, 11) is 0. The third-order valence-corrected chi connectivity index (χ3v) is 3.06. The number of hydrogen-bond acceptors (Lipinski definition) is 4. The molecule has 0 aromatic carbocycles. The number of urea groups is 1. The number of pyridine rings is 1. The highest BCUT2D eigenvalue weighted by atomic mass is 16.5. The van der Waals surface area contributed by atoms with Gasteiger partial charge in [-0.05, 0) is 18.6 Å². The van der Waals surface area contributed by atoms with Gasteiger partial charge in [-0.1, -0.05) is 6.07 Å². The van der Waals surface area contributed by atoms with Gasteiger partial charge in [0.1, 0.15) is 5.82 Å². The van der Waals surface area contributed by atoms with Crippen LogP contribution in [0.4, 0.5) is 10.6 Å². The largest absolute Gasteiger partial charge is 0.379 e. The second kappa shape index (κ2) is 7.06. The molecule has 0 atom stereocenters. The molecule has 6 nitrogen and oxygen atoms in total. The molecule has 2 rings (SSSR count). The molecule has 104 valence electrons. The number of nitrogens with zero attached hydrogens (tertiary/aromatic N) is 2.